The smallest absolute Gasteiger partial charge is 0.150 e. The Hall–Kier alpha value is -1.83. The van der Waals surface area contributed by atoms with Gasteiger partial charge in [0.2, 0.25) is 0 Å². The van der Waals surface area contributed by atoms with Crippen LogP contribution >= 0.6 is 12.8 Å². The van der Waals surface area contributed by atoms with Gasteiger partial charge in [0.1, 0.15) is 5.65 Å². The van der Waals surface area contributed by atoms with Crippen LogP contribution in [0.25, 0.3) is 22.2 Å². The molecule has 1 aliphatic carbocycles. The van der Waals surface area contributed by atoms with Crippen LogP contribution in [0.15, 0.2) is 30.9 Å². The molecule has 160 valence electrons. The number of aromatic nitrogens is 4. The molecule has 0 atom stereocenters. The predicted octanol–water partition coefficient (Wildman–Crippen LogP) is 3.79. The van der Waals surface area contributed by atoms with E-state index in [-0.39, 0.29) is 0 Å². The van der Waals surface area contributed by atoms with Crippen molar-refractivity contribution in [1.29, 1.82) is 0 Å². The van der Waals surface area contributed by atoms with Crippen LogP contribution in [0.5, 0.6) is 0 Å². The Kier molecular flexibility index (Phi) is 5.60. The minimum atomic E-state index is 0.609. The van der Waals surface area contributed by atoms with Crippen molar-refractivity contribution >= 4 is 23.8 Å². The summed E-state index contributed by atoms with van der Waals surface area (Å²) in [5, 5.41) is 5.51. The molecule has 0 amide bonds. The van der Waals surface area contributed by atoms with Crippen molar-refractivity contribution < 1.29 is 0 Å². The maximum absolute atomic E-state index is 4.78. The van der Waals surface area contributed by atoms with Crippen LogP contribution in [0.1, 0.15) is 43.6 Å². The van der Waals surface area contributed by atoms with Gasteiger partial charge in [-0.3, -0.25) is 13.6 Å². The van der Waals surface area contributed by atoms with Gasteiger partial charge in [0.05, 0.1) is 6.20 Å². The zero-order chi connectivity index (χ0) is 20.7. The summed E-state index contributed by atoms with van der Waals surface area (Å²) < 4.78 is 3.67. The molecule has 2 aliphatic rings. The second kappa shape index (κ2) is 8.36. The molecular weight excluding hydrogens is 392 g/mol. The SMILES string of the molecule is CN1CCCN(C2CCC(c3cnc4c(c3)c(-c3cnn(C)c3)cn4S)CC2)CC1. The fourth-order valence-corrected chi connectivity index (χ4v) is 5.60. The summed E-state index contributed by atoms with van der Waals surface area (Å²) in [7, 11) is 4.20. The van der Waals surface area contributed by atoms with Crippen LogP contribution < -0.4 is 0 Å². The van der Waals surface area contributed by atoms with Gasteiger partial charge in [-0.25, -0.2) is 4.98 Å². The molecule has 0 radical (unpaired) electrons. The Balaban J connectivity index is 1.33. The average molecular weight is 425 g/mol. The van der Waals surface area contributed by atoms with Crippen molar-refractivity contribution in [1.82, 2.24) is 28.5 Å². The van der Waals surface area contributed by atoms with Gasteiger partial charge in [0.15, 0.2) is 0 Å². The van der Waals surface area contributed by atoms with Crippen LogP contribution in [-0.2, 0) is 7.05 Å². The van der Waals surface area contributed by atoms with Crippen LogP contribution in [-0.4, -0.2) is 67.8 Å². The molecule has 2 fully saturated rings. The fourth-order valence-electron chi connectivity index (χ4n) is 5.33. The number of likely N-dealkylation sites (N-methyl/N-ethyl adjacent to an activating group) is 1. The molecule has 0 N–H and O–H groups in total. The van der Waals surface area contributed by atoms with Crippen LogP contribution in [0.3, 0.4) is 0 Å². The lowest BCUT2D eigenvalue weighted by molar-refractivity contribution is 0.154. The van der Waals surface area contributed by atoms with Gasteiger partial charge in [-0.1, -0.05) is 12.8 Å². The number of hydrogen-bond donors (Lipinski definition) is 1. The Labute approximate surface area is 184 Å². The first-order valence-electron chi connectivity index (χ1n) is 11.2. The normalized spacial score (nSPS) is 24.4. The molecule has 6 nitrogen and oxygen atoms in total. The van der Waals surface area contributed by atoms with Crippen molar-refractivity contribution in [3.63, 3.8) is 0 Å². The number of aryl methyl sites for hydroxylation is 1. The third kappa shape index (κ3) is 3.90. The van der Waals surface area contributed by atoms with E-state index in [1.807, 2.05) is 21.9 Å². The third-order valence-corrected chi connectivity index (χ3v) is 7.41. The highest BCUT2D eigenvalue weighted by Gasteiger charge is 2.28. The molecule has 0 unspecified atom stereocenters. The van der Waals surface area contributed by atoms with E-state index in [9.17, 15) is 0 Å². The van der Waals surface area contributed by atoms with E-state index in [1.165, 1.54) is 69.2 Å². The summed E-state index contributed by atoms with van der Waals surface area (Å²) in [5.74, 6) is 0.609. The molecule has 0 spiro atoms. The van der Waals surface area contributed by atoms with E-state index < -0.39 is 0 Å². The molecule has 0 bridgehead atoms. The molecule has 1 aliphatic heterocycles. The van der Waals surface area contributed by atoms with Crippen LogP contribution in [0, 0.1) is 0 Å². The van der Waals surface area contributed by atoms with Crippen molar-refractivity contribution in [2.75, 3.05) is 33.2 Å². The Morgan fingerprint density at radius 3 is 2.57 bits per heavy atom. The van der Waals surface area contributed by atoms with Crippen molar-refractivity contribution in [3.05, 3.63) is 36.4 Å². The number of rotatable bonds is 3. The Morgan fingerprint density at radius 1 is 0.967 bits per heavy atom. The van der Waals surface area contributed by atoms with E-state index >= 15 is 0 Å². The first-order chi connectivity index (χ1) is 14.6. The van der Waals surface area contributed by atoms with Crippen molar-refractivity contribution in [2.45, 2.75) is 44.1 Å². The third-order valence-electron chi connectivity index (χ3n) is 7.10. The maximum atomic E-state index is 4.78. The molecule has 0 aromatic carbocycles. The van der Waals surface area contributed by atoms with Gasteiger partial charge in [-0.2, -0.15) is 5.10 Å². The Morgan fingerprint density at radius 2 is 1.80 bits per heavy atom. The molecule has 5 rings (SSSR count). The number of fused-ring (bicyclic) bond motifs is 1. The minimum Gasteiger partial charge on any atom is -0.305 e. The second-order valence-corrected chi connectivity index (χ2v) is 9.56. The summed E-state index contributed by atoms with van der Waals surface area (Å²) >= 11 is 4.59. The number of nitrogens with zero attached hydrogens (tertiary/aromatic N) is 6. The highest BCUT2D eigenvalue weighted by molar-refractivity contribution is 7.78. The topological polar surface area (TPSA) is 42.1 Å². The number of pyridine rings is 1. The highest BCUT2D eigenvalue weighted by atomic mass is 32.1. The van der Waals surface area contributed by atoms with Crippen LogP contribution in [0.2, 0.25) is 0 Å². The molecular formula is C23H32N6S. The van der Waals surface area contributed by atoms with Gasteiger partial charge in [0, 0.05) is 61.3 Å². The summed E-state index contributed by atoms with van der Waals surface area (Å²) in [4.78, 5) is 10.0. The number of thiol groups is 1. The zero-order valence-corrected chi connectivity index (χ0v) is 18.9. The Bertz CT molecular complexity index is 1020. The lowest BCUT2D eigenvalue weighted by atomic mass is 9.81. The predicted molar refractivity (Wildman–Crippen MR) is 125 cm³/mol. The van der Waals surface area contributed by atoms with Crippen molar-refractivity contribution in [3.8, 4) is 11.1 Å². The summed E-state index contributed by atoms with van der Waals surface area (Å²) in [6.07, 6.45) is 14.5. The fraction of sp³-hybridized carbons (Fsp3) is 0.565. The second-order valence-electron chi connectivity index (χ2n) is 9.13. The molecule has 4 heterocycles. The molecule has 3 aromatic rings. The lowest BCUT2D eigenvalue weighted by Gasteiger charge is -2.36. The largest absolute Gasteiger partial charge is 0.305 e. The molecule has 1 saturated heterocycles. The quantitative estimate of drug-likeness (QED) is 0.650. The van der Waals surface area contributed by atoms with Crippen LogP contribution in [0.4, 0.5) is 0 Å². The lowest BCUT2D eigenvalue weighted by Crippen LogP contribution is -2.40. The van der Waals surface area contributed by atoms with E-state index in [2.05, 4.69) is 59.4 Å². The maximum Gasteiger partial charge on any atom is 0.150 e. The highest BCUT2D eigenvalue weighted by Crippen LogP contribution is 2.38. The molecule has 30 heavy (non-hydrogen) atoms. The minimum absolute atomic E-state index is 0.609. The summed E-state index contributed by atoms with van der Waals surface area (Å²) in [5.41, 5.74) is 4.57. The standard InChI is InChI=1S/C23H32N6S/c1-26-8-3-9-28(11-10-26)20-6-4-17(5-7-20)18-12-21-22(19-14-25-27(2)15-19)16-29(30)23(21)24-13-18/h12-17,20,30H,3-11H2,1-2H3. The van der Waals surface area contributed by atoms with Gasteiger partial charge < -0.3 is 4.90 Å². The van der Waals surface area contributed by atoms with Crippen molar-refractivity contribution in [2.24, 2.45) is 7.05 Å². The van der Waals surface area contributed by atoms with E-state index in [0.717, 1.165) is 22.8 Å². The monoisotopic (exact) mass is 424 g/mol. The van der Waals surface area contributed by atoms with E-state index in [0.29, 0.717) is 5.92 Å². The number of hydrogen-bond acceptors (Lipinski definition) is 5. The average Bonchev–Trinajstić information content (AvgIpc) is 3.25. The van der Waals surface area contributed by atoms with Gasteiger partial charge in [-0.05, 0) is 69.8 Å². The summed E-state index contributed by atoms with van der Waals surface area (Å²) in [6.45, 7) is 4.93. The van der Waals surface area contributed by atoms with E-state index in [4.69, 9.17) is 4.98 Å². The van der Waals surface area contributed by atoms with Gasteiger partial charge >= 0.3 is 0 Å². The first kappa shape index (κ1) is 20.1. The summed E-state index contributed by atoms with van der Waals surface area (Å²) in [6, 6.07) is 3.11. The zero-order valence-electron chi connectivity index (χ0n) is 18.0. The first-order valence-corrected chi connectivity index (χ1v) is 11.6. The van der Waals surface area contributed by atoms with Gasteiger partial charge in [0.25, 0.3) is 0 Å². The van der Waals surface area contributed by atoms with Gasteiger partial charge in [-0.15, -0.1) is 0 Å². The molecule has 3 aromatic heterocycles. The van der Waals surface area contributed by atoms with E-state index in [1.54, 1.807) is 0 Å². The molecule has 1 saturated carbocycles. The molecule has 7 heteroatoms.